The van der Waals surface area contributed by atoms with Gasteiger partial charge in [0.05, 0.1) is 0 Å². The molecular weight excluding hydrogens is 322 g/mol. The van der Waals surface area contributed by atoms with Crippen LogP contribution >= 0.6 is 15.9 Å². The number of carbonyl (C=O) groups is 2. The molecule has 1 aliphatic heterocycles. The average Bonchev–Trinajstić information content (AvgIpc) is 2.94. The predicted molar refractivity (Wildman–Crippen MR) is 80.1 cm³/mol. The summed E-state index contributed by atoms with van der Waals surface area (Å²) in [6, 6.07) is 6.83. The highest BCUT2D eigenvalue weighted by Gasteiger charge is 2.30. The first-order valence-corrected chi connectivity index (χ1v) is 7.16. The molecule has 1 aromatic rings. The molecule has 0 saturated carbocycles. The van der Waals surface area contributed by atoms with E-state index >= 15 is 0 Å². The van der Waals surface area contributed by atoms with Crippen LogP contribution in [-0.2, 0) is 0 Å². The summed E-state index contributed by atoms with van der Waals surface area (Å²) in [5.41, 5.74) is 0.566. The first-order chi connectivity index (χ1) is 9.63. The van der Waals surface area contributed by atoms with Gasteiger partial charge in [-0.2, -0.15) is 0 Å². The minimum absolute atomic E-state index is 0.163. The van der Waals surface area contributed by atoms with Crippen LogP contribution in [0.15, 0.2) is 41.4 Å². The summed E-state index contributed by atoms with van der Waals surface area (Å²) in [6.07, 6.45) is 2.39. The molecule has 1 heterocycles. The number of halogens is 1. The average molecular weight is 338 g/mol. The van der Waals surface area contributed by atoms with E-state index in [1.54, 1.807) is 18.2 Å². The van der Waals surface area contributed by atoms with Crippen LogP contribution in [0.1, 0.15) is 16.8 Å². The number of benzene rings is 1. The Balaban J connectivity index is 2.10. The molecule has 1 fully saturated rings. The van der Waals surface area contributed by atoms with Gasteiger partial charge >= 0.3 is 6.03 Å². The van der Waals surface area contributed by atoms with Crippen LogP contribution in [0.4, 0.5) is 4.79 Å². The van der Waals surface area contributed by atoms with Crippen LogP contribution in [0.25, 0.3) is 0 Å². The van der Waals surface area contributed by atoms with Crippen LogP contribution < -0.4 is 5.32 Å². The maximum absolute atomic E-state index is 12.4. The minimum Gasteiger partial charge on any atom is -0.333 e. The van der Waals surface area contributed by atoms with E-state index in [1.807, 2.05) is 12.1 Å². The second kappa shape index (κ2) is 6.56. The van der Waals surface area contributed by atoms with Crippen molar-refractivity contribution in [1.82, 2.24) is 15.3 Å². The molecule has 0 atom stereocenters. The maximum atomic E-state index is 12.4. The van der Waals surface area contributed by atoms with E-state index in [9.17, 15) is 9.59 Å². The highest BCUT2D eigenvalue weighted by Crippen LogP contribution is 2.17. The van der Waals surface area contributed by atoms with Gasteiger partial charge in [-0.25, -0.2) is 14.8 Å². The van der Waals surface area contributed by atoms with Crippen molar-refractivity contribution in [2.24, 2.45) is 0 Å². The Morgan fingerprint density at radius 2 is 1.90 bits per heavy atom. The van der Waals surface area contributed by atoms with Crippen molar-refractivity contribution < 1.29 is 9.59 Å². The van der Waals surface area contributed by atoms with Crippen molar-refractivity contribution in [2.45, 2.75) is 6.42 Å². The number of rotatable bonds is 3. The lowest BCUT2D eigenvalue weighted by Crippen LogP contribution is -2.49. The van der Waals surface area contributed by atoms with Crippen LogP contribution in [0.5, 0.6) is 0 Å². The molecule has 5 nitrogen and oxygen atoms in total. The number of urea groups is 1. The van der Waals surface area contributed by atoms with Crippen LogP contribution in [0.2, 0.25) is 0 Å². The van der Waals surface area contributed by atoms with Gasteiger partial charge in [0.15, 0.2) is 0 Å². The third-order valence-electron chi connectivity index (χ3n) is 2.99. The van der Waals surface area contributed by atoms with Gasteiger partial charge in [0.2, 0.25) is 0 Å². The summed E-state index contributed by atoms with van der Waals surface area (Å²) in [6.45, 7) is 5.03. The van der Waals surface area contributed by atoms with Crippen LogP contribution in [0.3, 0.4) is 0 Å². The van der Waals surface area contributed by atoms with Gasteiger partial charge in [-0.1, -0.05) is 22.0 Å². The normalized spacial score (nSPS) is 14.2. The lowest BCUT2D eigenvalue weighted by atomic mass is 10.2. The molecule has 0 spiro atoms. The van der Waals surface area contributed by atoms with Crippen molar-refractivity contribution in [3.05, 3.63) is 47.0 Å². The quantitative estimate of drug-likeness (QED) is 0.861. The first-order valence-electron chi connectivity index (χ1n) is 6.37. The molecule has 1 aliphatic rings. The lowest BCUT2D eigenvalue weighted by Gasteiger charge is -2.27. The highest BCUT2D eigenvalue weighted by atomic mass is 79.9. The Morgan fingerprint density at radius 1 is 1.25 bits per heavy atom. The molecule has 0 radical (unpaired) electrons. The van der Waals surface area contributed by atoms with Gasteiger partial charge in [-0.3, -0.25) is 4.79 Å². The first kappa shape index (κ1) is 14.6. The SMILES string of the molecule is C=CCNC(=O)N1CCCN1C(=O)c1ccc(Br)cc1. The number of amides is 3. The van der Waals surface area contributed by atoms with Gasteiger partial charge in [-0.15, -0.1) is 6.58 Å². The summed E-state index contributed by atoms with van der Waals surface area (Å²) in [5, 5.41) is 5.63. The number of carbonyl (C=O) groups excluding carboxylic acids is 2. The van der Waals surface area contributed by atoms with Crippen LogP contribution in [0, 0.1) is 0 Å². The summed E-state index contributed by atoms with van der Waals surface area (Å²) in [7, 11) is 0. The Morgan fingerprint density at radius 3 is 2.55 bits per heavy atom. The fourth-order valence-corrected chi connectivity index (χ4v) is 2.29. The van der Waals surface area contributed by atoms with Crippen molar-refractivity contribution in [3.8, 4) is 0 Å². The minimum atomic E-state index is -0.270. The zero-order valence-electron chi connectivity index (χ0n) is 11.0. The largest absolute Gasteiger partial charge is 0.336 e. The second-order valence-corrected chi connectivity index (χ2v) is 5.30. The monoisotopic (exact) mass is 337 g/mol. The third kappa shape index (κ3) is 3.19. The molecule has 0 aliphatic carbocycles. The fraction of sp³-hybridized carbons (Fsp3) is 0.286. The second-order valence-electron chi connectivity index (χ2n) is 4.39. The molecule has 1 aromatic carbocycles. The fourth-order valence-electron chi connectivity index (χ4n) is 2.03. The predicted octanol–water partition coefficient (Wildman–Crippen LogP) is 2.41. The molecule has 20 heavy (non-hydrogen) atoms. The van der Waals surface area contributed by atoms with E-state index in [1.165, 1.54) is 10.0 Å². The van der Waals surface area contributed by atoms with Crippen molar-refractivity contribution in [3.63, 3.8) is 0 Å². The number of nitrogens with one attached hydrogen (secondary N) is 1. The van der Waals surface area contributed by atoms with Gasteiger partial charge in [0.25, 0.3) is 5.91 Å². The number of hydrogen-bond donors (Lipinski definition) is 1. The van der Waals surface area contributed by atoms with Crippen molar-refractivity contribution >= 4 is 27.9 Å². The molecule has 0 unspecified atom stereocenters. The Labute approximate surface area is 126 Å². The van der Waals surface area contributed by atoms with E-state index in [4.69, 9.17) is 0 Å². The molecule has 0 aromatic heterocycles. The molecule has 6 heteroatoms. The third-order valence-corrected chi connectivity index (χ3v) is 3.52. The Kier molecular flexibility index (Phi) is 4.79. The number of hydrogen-bond acceptors (Lipinski definition) is 2. The summed E-state index contributed by atoms with van der Waals surface area (Å²) in [5.74, 6) is -0.163. The molecule has 2 rings (SSSR count). The number of nitrogens with zero attached hydrogens (tertiary/aromatic N) is 2. The van der Waals surface area contributed by atoms with Crippen molar-refractivity contribution in [2.75, 3.05) is 19.6 Å². The molecule has 106 valence electrons. The molecule has 0 bridgehead atoms. The maximum Gasteiger partial charge on any atom is 0.336 e. The molecule has 1 saturated heterocycles. The zero-order chi connectivity index (χ0) is 14.5. The van der Waals surface area contributed by atoms with Gasteiger partial charge in [0, 0.05) is 29.7 Å². The molecule has 3 amide bonds. The smallest absolute Gasteiger partial charge is 0.333 e. The Bertz CT molecular complexity index is 516. The summed E-state index contributed by atoms with van der Waals surface area (Å²) in [4.78, 5) is 24.4. The van der Waals surface area contributed by atoms with Crippen LogP contribution in [-0.4, -0.2) is 41.6 Å². The van der Waals surface area contributed by atoms with E-state index in [0.717, 1.165) is 10.9 Å². The highest BCUT2D eigenvalue weighted by molar-refractivity contribution is 9.10. The van der Waals surface area contributed by atoms with Gasteiger partial charge in [0.1, 0.15) is 0 Å². The standard InChI is InChI=1S/C14H16BrN3O2/c1-2-8-16-14(20)18-10-3-9-17(18)13(19)11-4-6-12(15)7-5-11/h2,4-7H,1,3,8-10H2,(H,16,20). The van der Waals surface area contributed by atoms with Gasteiger partial charge < -0.3 is 5.32 Å². The lowest BCUT2D eigenvalue weighted by molar-refractivity contribution is 0.0378. The Hall–Kier alpha value is -1.82. The molecule has 1 N–H and O–H groups in total. The van der Waals surface area contributed by atoms with E-state index < -0.39 is 0 Å². The number of hydrazine groups is 1. The van der Waals surface area contributed by atoms with E-state index in [2.05, 4.69) is 27.8 Å². The van der Waals surface area contributed by atoms with Gasteiger partial charge in [-0.05, 0) is 30.7 Å². The summed E-state index contributed by atoms with van der Waals surface area (Å²) >= 11 is 3.33. The summed E-state index contributed by atoms with van der Waals surface area (Å²) < 4.78 is 0.913. The van der Waals surface area contributed by atoms with E-state index in [0.29, 0.717) is 25.2 Å². The topological polar surface area (TPSA) is 52.7 Å². The zero-order valence-corrected chi connectivity index (χ0v) is 12.6. The van der Waals surface area contributed by atoms with E-state index in [-0.39, 0.29) is 11.9 Å². The molecular formula is C14H16BrN3O2. The van der Waals surface area contributed by atoms with Crippen molar-refractivity contribution in [1.29, 1.82) is 0 Å².